The lowest BCUT2D eigenvalue weighted by Gasteiger charge is -2.25. The predicted molar refractivity (Wildman–Crippen MR) is 45.2 cm³/mol. The van der Waals surface area contributed by atoms with Crippen LogP contribution in [0.2, 0.25) is 0 Å². The Labute approximate surface area is 68.7 Å². The van der Waals surface area contributed by atoms with Crippen LogP contribution in [-0.4, -0.2) is 38.9 Å². The minimum absolute atomic E-state index is 0.821. The van der Waals surface area contributed by atoms with Crippen LogP contribution in [0.25, 0.3) is 0 Å². The Kier molecular flexibility index (Phi) is 3.83. The molecule has 3 heteroatoms. The van der Waals surface area contributed by atoms with E-state index in [1.807, 2.05) is 12.1 Å². The number of piperidine rings is 1. The maximum Gasteiger partial charge on any atom is 0.0575 e. The van der Waals surface area contributed by atoms with Crippen LogP contribution < -0.4 is 5.32 Å². The molecule has 0 aliphatic carbocycles. The first-order valence-corrected chi connectivity index (χ1v) is 4.29. The standard InChI is InChI=1S/C8H18N2O/c1-10(11-2)7-8-3-5-9-6-4-8/h8-9H,3-7H2,1-2H3. The molecule has 0 aromatic carbocycles. The summed E-state index contributed by atoms with van der Waals surface area (Å²) in [6, 6.07) is 0. The topological polar surface area (TPSA) is 24.5 Å². The summed E-state index contributed by atoms with van der Waals surface area (Å²) in [5, 5.41) is 5.26. The van der Waals surface area contributed by atoms with Gasteiger partial charge in [-0.05, 0) is 31.8 Å². The van der Waals surface area contributed by atoms with E-state index in [-0.39, 0.29) is 0 Å². The summed E-state index contributed by atoms with van der Waals surface area (Å²) in [5.74, 6) is 0.821. The van der Waals surface area contributed by atoms with Crippen molar-refractivity contribution < 1.29 is 4.84 Å². The SMILES string of the molecule is CON(C)CC1CCNCC1. The Morgan fingerprint density at radius 2 is 2.09 bits per heavy atom. The maximum absolute atomic E-state index is 5.07. The number of hydrogen-bond donors (Lipinski definition) is 1. The lowest BCUT2D eigenvalue weighted by molar-refractivity contribution is -0.119. The number of nitrogens with zero attached hydrogens (tertiary/aromatic N) is 1. The Hall–Kier alpha value is -0.120. The number of nitrogens with one attached hydrogen (secondary N) is 1. The molecule has 3 nitrogen and oxygen atoms in total. The summed E-state index contributed by atoms with van der Waals surface area (Å²) < 4.78 is 0. The molecule has 1 aliphatic rings. The van der Waals surface area contributed by atoms with Crippen LogP contribution in [0.1, 0.15) is 12.8 Å². The fourth-order valence-corrected chi connectivity index (χ4v) is 1.50. The molecule has 0 unspecified atom stereocenters. The molecule has 1 saturated heterocycles. The first kappa shape index (κ1) is 8.97. The third-order valence-electron chi connectivity index (χ3n) is 2.29. The van der Waals surface area contributed by atoms with Crippen LogP contribution in [0, 0.1) is 5.92 Å². The highest BCUT2D eigenvalue weighted by molar-refractivity contribution is 4.69. The van der Waals surface area contributed by atoms with Crippen molar-refractivity contribution in [2.75, 3.05) is 33.8 Å². The highest BCUT2D eigenvalue weighted by atomic mass is 16.7. The lowest BCUT2D eigenvalue weighted by atomic mass is 9.98. The van der Waals surface area contributed by atoms with Gasteiger partial charge >= 0.3 is 0 Å². The quantitative estimate of drug-likeness (QED) is 0.605. The zero-order valence-corrected chi connectivity index (χ0v) is 7.47. The molecule has 1 heterocycles. The van der Waals surface area contributed by atoms with E-state index in [4.69, 9.17) is 4.84 Å². The van der Waals surface area contributed by atoms with Crippen molar-refractivity contribution in [2.24, 2.45) is 5.92 Å². The van der Waals surface area contributed by atoms with Crippen LogP contribution in [0.15, 0.2) is 0 Å². The van der Waals surface area contributed by atoms with Gasteiger partial charge in [-0.25, -0.2) is 0 Å². The Morgan fingerprint density at radius 3 is 2.64 bits per heavy atom. The van der Waals surface area contributed by atoms with Crippen LogP contribution in [-0.2, 0) is 4.84 Å². The van der Waals surface area contributed by atoms with Gasteiger partial charge < -0.3 is 10.2 Å². The van der Waals surface area contributed by atoms with Crippen molar-refractivity contribution in [3.63, 3.8) is 0 Å². The van der Waals surface area contributed by atoms with E-state index in [0.717, 1.165) is 12.5 Å². The molecule has 0 bridgehead atoms. The van der Waals surface area contributed by atoms with Crippen molar-refractivity contribution >= 4 is 0 Å². The van der Waals surface area contributed by atoms with E-state index >= 15 is 0 Å². The summed E-state index contributed by atoms with van der Waals surface area (Å²) in [6.45, 7) is 3.41. The minimum Gasteiger partial charge on any atom is -0.317 e. The van der Waals surface area contributed by atoms with Gasteiger partial charge in [0, 0.05) is 13.6 Å². The highest BCUT2D eigenvalue weighted by Crippen LogP contribution is 2.12. The number of rotatable bonds is 3. The molecule has 0 aromatic heterocycles. The molecule has 1 rings (SSSR count). The summed E-state index contributed by atoms with van der Waals surface area (Å²) in [7, 11) is 3.71. The molecule has 0 saturated carbocycles. The van der Waals surface area contributed by atoms with E-state index < -0.39 is 0 Å². The van der Waals surface area contributed by atoms with E-state index in [1.54, 1.807) is 7.11 Å². The largest absolute Gasteiger partial charge is 0.317 e. The Bertz CT molecular complexity index is 102. The first-order valence-electron chi connectivity index (χ1n) is 4.29. The molecule has 0 spiro atoms. The van der Waals surface area contributed by atoms with Crippen molar-refractivity contribution in [2.45, 2.75) is 12.8 Å². The van der Waals surface area contributed by atoms with Crippen molar-refractivity contribution in [3.8, 4) is 0 Å². The fraction of sp³-hybridized carbons (Fsp3) is 1.00. The average Bonchev–Trinajstić information content (AvgIpc) is 2.06. The molecule has 66 valence electrons. The molecule has 1 N–H and O–H groups in total. The smallest absolute Gasteiger partial charge is 0.0575 e. The van der Waals surface area contributed by atoms with Gasteiger partial charge in [-0.2, -0.15) is 5.06 Å². The number of hydroxylamine groups is 2. The summed E-state index contributed by atoms with van der Waals surface area (Å²) in [6.07, 6.45) is 2.57. The van der Waals surface area contributed by atoms with E-state index in [9.17, 15) is 0 Å². The number of hydrogen-bond acceptors (Lipinski definition) is 3. The lowest BCUT2D eigenvalue weighted by Crippen LogP contribution is -2.34. The predicted octanol–water partition coefficient (Wildman–Crippen LogP) is 0.479. The van der Waals surface area contributed by atoms with Crippen LogP contribution in [0.4, 0.5) is 0 Å². The third-order valence-corrected chi connectivity index (χ3v) is 2.29. The van der Waals surface area contributed by atoms with Gasteiger partial charge in [-0.3, -0.25) is 0 Å². The molecule has 0 aromatic rings. The van der Waals surface area contributed by atoms with Gasteiger partial charge in [-0.15, -0.1) is 0 Å². The summed E-state index contributed by atoms with van der Waals surface area (Å²) in [4.78, 5) is 5.07. The van der Waals surface area contributed by atoms with Crippen molar-refractivity contribution in [1.29, 1.82) is 0 Å². The maximum atomic E-state index is 5.07. The van der Waals surface area contributed by atoms with Crippen LogP contribution >= 0.6 is 0 Å². The van der Waals surface area contributed by atoms with Crippen LogP contribution in [0.5, 0.6) is 0 Å². The van der Waals surface area contributed by atoms with Gasteiger partial charge in [0.2, 0.25) is 0 Å². The summed E-state index contributed by atoms with van der Waals surface area (Å²) >= 11 is 0. The van der Waals surface area contributed by atoms with Crippen molar-refractivity contribution in [1.82, 2.24) is 10.4 Å². The highest BCUT2D eigenvalue weighted by Gasteiger charge is 2.14. The molecule has 0 atom stereocenters. The van der Waals surface area contributed by atoms with Crippen molar-refractivity contribution in [3.05, 3.63) is 0 Å². The van der Waals surface area contributed by atoms with Gasteiger partial charge in [-0.1, -0.05) is 0 Å². The molecule has 1 fully saturated rings. The second-order valence-electron chi connectivity index (χ2n) is 3.19. The molecule has 1 aliphatic heterocycles. The first-order chi connectivity index (χ1) is 5.33. The minimum atomic E-state index is 0.821. The zero-order chi connectivity index (χ0) is 8.10. The Balaban J connectivity index is 2.13. The monoisotopic (exact) mass is 158 g/mol. The summed E-state index contributed by atoms with van der Waals surface area (Å²) in [5.41, 5.74) is 0. The fourth-order valence-electron chi connectivity index (χ4n) is 1.50. The average molecular weight is 158 g/mol. The third kappa shape index (κ3) is 3.18. The van der Waals surface area contributed by atoms with Gasteiger partial charge in [0.15, 0.2) is 0 Å². The second-order valence-corrected chi connectivity index (χ2v) is 3.19. The normalized spacial score (nSPS) is 21.0. The molecule has 0 amide bonds. The van der Waals surface area contributed by atoms with Gasteiger partial charge in [0.05, 0.1) is 7.11 Å². The zero-order valence-electron chi connectivity index (χ0n) is 7.47. The van der Waals surface area contributed by atoms with E-state index in [1.165, 1.54) is 25.9 Å². The van der Waals surface area contributed by atoms with Crippen LogP contribution in [0.3, 0.4) is 0 Å². The molecule has 11 heavy (non-hydrogen) atoms. The Morgan fingerprint density at radius 1 is 1.45 bits per heavy atom. The second kappa shape index (κ2) is 4.70. The van der Waals surface area contributed by atoms with E-state index in [0.29, 0.717) is 0 Å². The van der Waals surface area contributed by atoms with Gasteiger partial charge in [0.25, 0.3) is 0 Å². The van der Waals surface area contributed by atoms with Gasteiger partial charge in [0.1, 0.15) is 0 Å². The van der Waals surface area contributed by atoms with E-state index in [2.05, 4.69) is 5.32 Å². The molecular formula is C8H18N2O. The molecular weight excluding hydrogens is 140 g/mol. The molecule has 0 radical (unpaired) electrons.